The molecule has 2 aromatic rings. The third kappa shape index (κ3) is 2.07. The van der Waals surface area contributed by atoms with Crippen LogP contribution in [-0.4, -0.2) is 6.54 Å². The summed E-state index contributed by atoms with van der Waals surface area (Å²) in [5, 5.41) is 6.43. The van der Waals surface area contributed by atoms with E-state index in [1.54, 1.807) is 0 Å². The van der Waals surface area contributed by atoms with E-state index >= 15 is 0 Å². The molecule has 0 aliphatic carbocycles. The van der Waals surface area contributed by atoms with E-state index in [1.165, 1.54) is 29.2 Å². The largest absolute Gasteiger partial charge is 0.310 e. The van der Waals surface area contributed by atoms with Gasteiger partial charge in [0.25, 0.3) is 0 Å². The number of benzene rings is 2. The van der Waals surface area contributed by atoms with E-state index in [9.17, 15) is 0 Å². The fourth-order valence-electron chi connectivity index (χ4n) is 2.82. The number of rotatable bonds is 1. The molecule has 2 aromatic carbocycles. The van der Waals surface area contributed by atoms with E-state index in [-0.39, 0.29) is 0 Å². The SMILES string of the molecule is CC1CCC(c2cccc3ccccc23)NC1. The molecule has 1 N–H and O–H groups in total. The maximum absolute atomic E-state index is 3.68. The first kappa shape index (κ1) is 10.8. The maximum Gasteiger partial charge on any atom is 0.0326 e. The van der Waals surface area contributed by atoms with Crippen LogP contribution in [0.3, 0.4) is 0 Å². The molecule has 2 unspecified atom stereocenters. The van der Waals surface area contributed by atoms with E-state index in [2.05, 4.69) is 54.7 Å². The molecule has 2 atom stereocenters. The van der Waals surface area contributed by atoms with Gasteiger partial charge >= 0.3 is 0 Å². The van der Waals surface area contributed by atoms with Crippen molar-refractivity contribution < 1.29 is 0 Å². The zero-order valence-electron chi connectivity index (χ0n) is 10.3. The van der Waals surface area contributed by atoms with Gasteiger partial charge in [-0.1, -0.05) is 49.4 Å². The molecule has 0 saturated carbocycles. The summed E-state index contributed by atoms with van der Waals surface area (Å²) in [5.41, 5.74) is 1.47. The number of hydrogen-bond donors (Lipinski definition) is 1. The average molecular weight is 225 g/mol. The lowest BCUT2D eigenvalue weighted by Crippen LogP contribution is -2.31. The molecule has 1 heterocycles. The smallest absolute Gasteiger partial charge is 0.0326 e. The van der Waals surface area contributed by atoms with Gasteiger partial charge in [-0.2, -0.15) is 0 Å². The van der Waals surface area contributed by atoms with E-state index < -0.39 is 0 Å². The quantitative estimate of drug-likeness (QED) is 0.776. The number of piperidine rings is 1. The van der Waals surface area contributed by atoms with Crippen molar-refractivity contribution in [3.05, 3.63) is 48.0 Å². The Morgan fingerprint density at radius 2 is 1.82 bits per heavy atom. The van der Waals surface area contributed by atoms with Crippen molar-refractivity contribution in [2.45, 2.75) is 25.8 Å². The molecule has 1 fully saturated rings. The molecule has 0 bridgehead atoms. The Hall–Kier alpha value is -1.34. The van der Waals surface area contributed by atoms with Gasteiger partial charge in [-0.25, -0.2) is 0 Å². The highest BCUT2D eigenvalue weighted by Crippen LogP contribution is 2.30. The molecule has 3 rings (SSSR count). The number of fused-ring (bicyclic) bond motifs is 1. The van der Waals surface area contributed by atoms with Crippen molar-refractivity contribution in [2.24, 2.45) is 5.92 Å². The lowest BCUT2D eigenvalue weighted by atomic mass is 9.89. The van der Waals surface area contributed by atoms with Crippen LogP contribution in [0.15, 0.2) is 42.5 Å². The number of hydrogen-bond acceptors (Lipinski definition) is 1. The molecule has 0 radical (unpaired) electrons. The molecule has 1 nitrogen and oxygen atoms in total. The highest BCUT2D eigenvalue weighted by molar-refractivity contribution is 5.86. The maximum atomic E-state index is 3.68. The minimum Gasteiger partial charge on any atom is -0.310 e. The van der Waals surface area contributed by atoms with E-state index in [0.717, 1.165) is 12.5 Å². The predicted molar refractivity (Wildman–Crippen MR) is 73.1 cm³/mol. The third-order valence-corrected chi connectivity index (χ3v) is 3.86. The highest BCUT2D eigenvalue weighted by atomic mass is 14.9. The Kier molecular flexibility index (Phi) is 2.86. The van der Waals surface area contributed by atoms with Crippen molar-refractivity contribution in [3.8, 4) is 0 Å². The zero-order valence-corrected chi connectivity index (χ0v) is 10.3. The van der Waals surface area contributed by atoms with Crippen LogP contribution in [-0.2, 0) is 0 Å². The molecular weight excluding hydrogens is 206 g/mol. The Morgan fingerprint density at radius 3 is 2.65 bits per heavy atom. The Morgan fingerprint density at radius 1 is 1.00 bits per heavy atom. The Balaban J connectivity index is 2.00. The van der Waals surface area contributed by atoms with Crippen LogP contribution in [0.25, 0.3) is 10.8 Å². The summed E-state index contributed by atoms with van der Waals surface area (Å²) in [4.78, 5) is 0. The minimum atomic E-state index is 0.539. The summed E-state index contributed by atoms with van der Waals surface area (Å²) < 4.78 is 0. The van der Waals surface area contributed by atoms with Crippen LogP contribution in [0.1, 0.15) is 31.4 Å². The highest BCUT2D eigenvalue weighted by Gasteiger charge is 2.19. The van der Waals surface area contributed by atoms with Gasteiger partial charge in [-0.15, -0.1) is 0 Å². The average Bonchev–Trinajstić information content (AvgIpc) is 2.39. The standard InChI is InChI=1S/C16H19N/c1-12-9-10-16(17-11-12)15-8-4-6-13-5-2-3-7-14(13)15/h2-8,12,16-17H,9-11H2,1H3. The molecule has 88 valence electrons. The predicted octanol–water partition coefficient (Wildman–Crippen LogP) is 3.90. The Bertz CT molecular complexity index is 504. The second-order valence-corrected chi connectivity index (χ2v) is 5.21. The first-order chi connectivity index (χ1) is 8.34. The summed E-state index contributed by atoms with van der Waals surface area (Å²) in [6, 6.07) is 15.9. The monoisotopic (exact) mass is 225 g/mol. The molecule has 1 heteroatoms. The lowest BCUT2D eigenvalue weighted by Gasteiger charge is -2.29. The van der Waals surface area contributed by atoms with Gasteiger partial charge < -0.3 is 5.32 Å². The van der Waals surface area contributed by atoms with E-state index in [1.807, 2.05) is 0 Å². The van der Waals surface area contributed by atoms with Gasteiger partial charge in [-0.05, 0) is 41.6 Å². The molecule has 1 aliphatic heterocycles. The van der Waals surface area contributed by atoms with Gasteiger partial charge in [0, 0.05) is 6.04 Å². The second-order valence-electron chi connectivity index (χ2n) is 5.21. The summed E-state index contributed by atoms with van der Waals surface area (Å²) in [5.74, 6) is 0.821. The summed E-state index contributed by atoms with van der Waals surface area (Å²) >= 11 is 0. The van der Waals surface area contributed by atoms with Gasteiger partial charge in [-0.3, -0.25) is 0 Å². The number of nitrogens with one attached hydrogen (secondary N) is 1. The van der Waals surface area contributed by atoms with Crippen LogP contribution >= 0.6 is 0 Å². The molecule has 0 amide bonds. The lowest BCUT2D eigenvalue weighted by molar-refractivity contribution is 0.334. The van der Waals surface area contributed by atoms with Crippen molar-refractivity contribution in [1.29, 1.82) is 0 Å². The fourth-order valence-corrected chi connectivity index (χ4v) is 2.82. The van der Waals surface area contributed by atoms with Crippen LogP contribution < -0.4 is 5.32 Å². The van der Waals surface area contributed by atoms with Crippen LogP contribution in [0.4, 0.5) is 0 Å². The van der Waals surface area contributed by atoms with Crippen LogP contribution in [0.5, 0.6) is 0 Å². The molecule has 1 aliphatic rings. The first-order valence-electron chi connectivity index (χ1n) is 6.55. The first-order valence-corrected chi connectivity index (χ1v) is 6.55. The van der Waals surface area contributed by atoms with Crippen molar-refractivity contribution >= 4 is 10.8 Å². The fraction of sp³-hybridized carbons (Fsp3) is 0.375. The van der Waals surface area contributed by atoms with Gasteiger partial charge in [0.05, 0.1) is 0 Å². The minimum absolute atomic E-state index is 0.539. The van der Waals surface area contributed by atoms with Crippen molar-refractivity contribution in [3.63, 3.8) is 0 Å². The molecule has 1 saturated heterocycles. The topological polar surface area (TPSA) is 12.0 Å². The van der Waals surface area contributed by atoms with Crippen LogP contribution in [0, 0.1) is 5.92 Å². The van der Waals surface area contributed by atoms with Crippen LogP contribution in [0.2, 0.25) is 0 Å². The third-order valence-electron chi connectivity index (χ3n) is 3.86. The summed E-state index contributed by atoms with van der Waals surface area (Å²) in [7, 11) is 0. The van der Waals surface area contributed by atoms with Gasteiger partial charge in [0.2, 0.25) is 0 Å². The summed E-state index contributed by atoms with van der Waals surface area (Å²) in [6.45, 7) is 3.47. The van der Waals surface area contributed by atoms with E-state index in [0.29, 0.717) is 6.04 Å². The molecule has 0 aromatic heterocycles. The van der Waals surface area contributed by atoms with E-state index in [4.69, 9.17) is 0 Å². The summed E-state index contributed by atoms with van der Waals surface area (Å²) in [6.07, 6.45) is 2.59. The normalized spacial score (nSPS) is 25.0. The molecular formula is C16H19N. The zero-order chi connectivity index (χ0) is 11.7. The van der Waals surface area contributed by atoms with Crippen molar-refractivity contribution in [2.75, 3.05) is 6.54 Å². The molecule has 17 heavy (non-hydrogen) atoms. The Labute approximate surface area is 103 Å². The molecule has 0 spiro atoms. The van der Waals surface area contributed by atoms with Crippen molar-refractivity contribution in [1.82, 2.24) is 5.32 Å². The van der Waals surface area contributed by atoms with Gasteiger partial charge in [0.1, 0.15) is 0 Å². The van der Waals surface area contributed by atoms with Gasteiger partial charge in [0.15, 0.2) is 0 Å². The second kappa shape index (κ2) is 4.50.